The minimum Gasteiger partial charge on any atom is -0.374 e. The highest BCUT2D eigenvalue weighted by Crippen LogP contribution is 2.26. The second-order valence-electron chi connectivity index (χ2n) is 5.07. The van der Waals surface area contributed by atoms with Crippen molar-refractivity contribution in [3.05, 3.63) is 53.7 Å². The third kappa shape index (κ3) is 3.24. The van der Waals surface area contributed by atoms with Gasteiger partial charge in [0.2, 0.25) is 0 Å². The number of hydrogen-bond donors (Lipinski definition) is 0. The van der Waals surface area contributed by atoms with Crippen LogP contribution in [0.25, 0.3) is 10.9 Å². The van der Waals surface area contributed by atoms with Gasteiger partial charge in [-0.1, -0.05) is 15.9 Å². The summed E-state index contributed by atoms with van der Waals surface area (Å²) in [5, 5.41) is 1.19. The molecule has 21 heavy (non-hydrogen) atoms. The fourth-order valence-electron chi connectivity index (χ4n) is 2.47. The molecule has 0 fully saturated rings. The van der Waals surface area contributed by atoms with Gasteiger partial charge in [-0.3, -0.25) is 4.98 Å². The number of nitrogens with zero attached hydrogens (tertiary/aromatic N) is 4. The summed E-state index contributed by atoms with van der Waals surface area (Å²) in [6.45, 7) is 1.98. The third-order valence-electron chi connectivity index (χ3n) is 3.56. The largest absolute Gasteiger partial charge is 0.374 e. The number of halogens is 1. The second kappa shape index (κ2) is 6.26. The summed E-state index contributed by atoms with van der Waals surface area (Å²) in [6, 6.07) is 8.31. The van der Waals surface area contributed by atoms with Crippen LogP contribution in [0.5, 0.6) is 0 Å². The van der Waals surface area contributed by atoms with E-state index in [-0.39, 0.29) is 0 Å². The number of fused-ring (bicyclic) bond motifs is 1. The van der Waals surface area contributed by atoms with Gasteiger partial charge in [0.25, 0.3) is 0 Å². The molecule has 0 aliphatic carbocycles. The van der Waals surface area contributed by atoms with Gasteiger partial charge in [-0.05, 0) is 30.7 Å². The molecule has 108 valence electrons. The van der Waals surface area contributed by atoms with Crippen LogP contribution < -0.4 is 4.90 Å². The lowest BCUT2D eigenvalue weighted by atomic mass is 10.1. The maximum absolute atomic E-state index is 4.44. The van der Waals surface area contributed by atoms with E-state index in [1.807, 2.05) is 24.9 Å². The van der Waals surface area contributed by atoms with Gasteiger partial charge in [0.1, 0.15) is 0 Å². The van der Waals surface area contributed by atoms with Crippen LogP contribution in [-0.4, -0.2) is 28.1 Å². The first kappa shape index (κ1) is 14.1. The lowest BCUT2D eigenvalue weighted by molar-refractivity contribution is 0.638. The highest BCUT2D eigenvalue weighted by molar-refractivity contribution is 9.10. The van der Waals surface area contributed by atoms with Gasteiger partial charge in [-0.15, -0.1) is 0 Å². The molecule has 0 aliphatic rings. The van der Waals surface area contributed by atoms with Crippen molar-refractivity contribution in [3.8, 4) is 0 Å². The van der Waals surface area contributed by atoms with E-state index in [4.69, 9.17) is 0 Å². The average molecular weight is 345 g/mol. The van der Waals surface area contributed by atoms with Gasteiger partial charge in [0.05, 0.1) is 11.8 Å². The zero-order valence-corrected chi connectivity index (χ0v) is 13.5. The Bertz CT molecular complexity index is 724. The lowest BCUT2D eigenvalue weighted by Crippen LogP contribution is -2.20. The molecule has 0 saturated heterocycles. The van der Waals surface area contributed by atoms with Crippen LogP contribution in [-0.2, 0) is 6.54 Å². The van der Waals surface area contributed by atoms with Gasteiger partial charge in [-0.2, -0.15) is 0 Å². The zero-order valence-electron chi connectivity index (χ0n) is 11.9. The average Bonchev–Trinajstić information content (AvgIpc) is 2.99. The van der Waals surface area contributed by atoms with E-state index in [0.29, 0.717) is 0 Å². The molecule has 3 aromatic rings. The van der Waals surface area contributed by atoms with E-state index < -0.39 is 0 Å². The number of imidazole rings is 1. The van der Waals surface area contributed by atoms with Crippen molar-refractivity contribution in [2.24, 2.45) is 0 Å². The molecule has 5 heteroatoms. The maximum atomic E-state index is 4.44. The molecule has 3 rings (SSSR count). The Kier molecular flexibility index (Phi) is 4.20. The highest BCUT2D eigenvalue weighted by atomic mass is 79.9. The third-order valence-corrected chi connectivity index (χ3v) is 4.06. The summed E-state index contributed by atoms with van der Waals surface area (Å²) in [7, 11) is 2.13. The number of aromatic nitrogens is 3. The van der Waals surface area contributed by atoms with Crippen LogP contribution in [0.1, 0.15) is 6.42 Å². The van der Waals surface area contributed by atoms with Gasteiger partial charge >= 0.3 is 0 Å². The lowest BCUT2D eigenvalue weighted by Gasteiger charge is -2.21. The number of anilines is 1. The number of benzene rings is 1. The summed E-state index contributed by atoms with van der Waals surface area (Å²) >= 11 is 3.50. The van der Waals surface area contributed by atoms with Crippen molar-refractivity contribution in [3.63, 3.8) is 0 Å². The Morgan fingerprint density at radius 3 is 2.95 bits per heavy atom. The van der Waals surface area contributed by atoms with E-state index in [2.05, 4.69) is 66.7 Å². The smallest absolute Gasteiger partial charge is 0.0945 e. The molecule has 0 bridgehead atoms. The first-order valence-corrected chi connectivity index (χ1v) is 7.74. The second-order valence-corrected chi connectivity index (χ2v) is 5.98. The molecule has 0 saturated carbocycles. The molecule has 0 unspecified atom stereocenters. The predicted molar refractivity (Wildman–Crippen MR) is 89.6 cm³/mol. The molecule has 0 atom stereocenters. The fraction of sp³-hybridized carbons (Fsp3) is 0.250. The normalized spacial score (nSPS) is 11.0. The molecule has 0 spiro atoms. The van der Waals surface area contributed by atoms with Crippen molar-refractivity contribution in [1.29, 1.82) is 0 Å². The van der Waals surface area contributed by atoms with Crippen LogP contribution in [0.3, 0.4) is 0 Å². The van der Waals surface area contributed by atoms with Gasteiger partial charge in [0.15, 0.2) is 0 Å². The van der Waals surface area contributed by atoms with Gasteiger partial charge in [-0.25, -0.2) is 4.98 Å². The first-order chi connectivity index (χ1) is 10.2. The summed E-state index contributed by atoms with van der Waals surface area (Å²) in [4.78, 5) is 10.8. The maximum Gasteiger partial charge on any atom is 0.0945 e. The van der Waals surface area contributed by atoms with Crippen LogP contribution in [0, 0.1) is 0 Å². The summed E-state index contributed by atoms with van der Waals surface area (Å²) < 4.78 is 3.16. The van der Waals surface area contributed by atoms with Crippen molar-refractivity contribution >= 4 is 32.5 Å². The number of hydrogen-bond acceptors (Lipinski definition) is 3. The zero-order chi connectivity index (χ0) is 14.7. The molecule has 0 amide bonds. The molecule has 2 aromatic heterocycles. The summed E-state index contributed by atoms with van der Waals surface area (Å²) in [6.07, 6.45) is 8.63. The standard InChI is InChI=1S/C16H17BrN4/c1-20(8-2-9-21-10-7-18-12-21)16-5-6-19-15-11-13(17)3-4-14(15)16/h3-7,10-12H,2,8-9H2,1H3. The molecule has 0 aliphatic heterocycles. The Morgan fingerprint density at radius 2 is 2.14 bits per heavy atom. The quantitative estimate of drug-likeness (QED) is 0.707. The van der Waals surface area contributed by atoms with Crippen molar-refractivity contribution in [1.82, 2.24) is 14.5 Å². The van der Waals surface area contributed by atoms with Crippen LogP contribution in [0.15, 0.2) is 53.7 Å². The van der Waals surface area contributed by atoms with Crippen molar-refractivity contribution < 1.29 is 0 Å². The minimum absolute atomic E-state index is 0.985. The van der Waals surface area contributed by atoms with Crippen LogP contribution >= 0.6 is 15.9 Å². The Morgan fingerprint density at radius 1 is 1.24 bits per heavy atom. The van der Waals surface area contributed by atoms with E-state index in [9.17, 15) is 0 Å². The molecule has 4 nitrogen and oxygen atoms in total. The SMILES string of the molecule is CN(CCCn1ccnc1)c1ccnc2cc(Br)ccc12. The number of pyridine rings is 1. The summed E-state index contributed by atoms with van der Waals surface area (Å²) in [5.41, 5.74) is 2.24. The Hall–Kier alpha value is -1.88. The molecular formula is C16H17BrN4. The van der Waals surface area contributed by atoms with Crippen LogP contribution in [0.2, 0.25) is 0 Å². The minimum atomic E-state index is 0.985. The Labute approximate surface area is 132 Å². The molecule has 2 heterocycles. The van der Waals surface area contributed by atoms with E-state index in [1.54, 1.807) is 0 Å². The number of rotatable bonds is 5. The Balaban J connectivity index is 1.73. The monoisotopic (exact) mass is 344 g/mol. The van der Waals surface area contributed by atoms with Crippen LogP contribution in [0.4, 0.5) is 5.69 Å². The van der Waals surface area contributed by atoms with E-state index in [1.165, 1.54) is 11.1 Å². The van der Waals surface area contributed by atoms with Gasteiger partial charge < -0.3 is 9.47 Å². The van der Waals surface area contributed by atoms with Gasteiger partial charge in [0, 0.05) is 54.3 Å². The summed E-state index contributed by atoms with van der Waals surface area (Å²) in [5.74, 6) is 0. The fourth-order valence-corrected chi connectivity index (χ4v) is 2.82. The van der Waals surface area contributed by atoms with E-state index >= 15 is 0 Å². The molecule has 0 radical (unpaired) electrons. The van der Waals surface area contributed by atoms with Crippen molar-refractivity contribution in [2.75, 3.05) is 18.5 Å². The molecule has 0 N–H and O–H groups in total. The molecule has 1 aromatic carbocycles. The predicted octanol–water partition coefficient (Wildman–Crippen LogP) is 3.72. The molecular weight excluding hydrogens is 328 g/mol. The topological polar surface area (TPSA) is 34.0 Å². The highest BCUT2D eigenvalue weighted by Gasteiger charge is 2.07. The van der Waals surface area contributed by atoms with E-state index in [0.717, 1.165) is 29.5 Å². The van der Waals surface area contributed by atoms with Crippen molar-refractivity contribution in [2.45, 2.75) is 13.0 Å². The first-order valence-electron chi connectivity index (χ1n) is 6.95. The number of aryl methyl sites for hydroxylation is 1.